The van der Waals surface area contributed by atoms with E-state index >= 15 is 0 Å². The Kier molecular flexibility index (Phi) is 4.96. The highest BCUT2D eigenvalue weighted by atomic mass is 14.3. The molecule has 0 aliphatic rings. The molecular formula is C19H21N. The number of hydrogen-bond donors (Lipinski definition) is 0. The summed E-state index contributed by atoms with van der Waals surface area (Å²) in [6.45, 7) is 4.37. The van der Waals surface area contributed by atoms with Gasteiger partial charge in [0, 0.05) is 0 Å². The Morgan fingerprint density at radius 2 is 1.50 bits per heavy atom. The smallest absolute Gasteiger partial charge is 0.0715 e. The van der Waals surface area contributed by atoms with E-state index in [1.165, 1.54) is 11.1 Å². The topological polar surface area (TPSA) is 23.8 Å². The van der Waals surface area contributed by atoms with Gasteiger partial charge in [-0.15, -0.1) is 0 Å². The van der Waals surface area contributed by atoms with Crippen LogP contribution in [0.2, 0.25) is 0 Å². The predicted octanol–water partition coefficient (Wildman–Crippen LogP) is 5.05. The van der Waals surface area contributed by atoms with Gasteiger partial charge >= 0.3 is 0 Å². The van der Waals surface area contributed by atoms with Gasteiger partial charge in [-0.25, -0.2) is 0 Å². The third-order valence-corrected chi connectivity index (χ3v) is 3.73. The van der Waals surface area contributed by atoms with Crippen molar-refractivity contribution in [2.45, 2.75) is 38.5 Å². The van der Waals surface area contributed by atoms with E-state index in [0.29, 0.717) is 5.92 Å². The summed E-state index contributed by atoms with van der Waals surface area (Å²) in [7, 11) is 0. The molecule has 0 saturated carbocycles. The summed E-state index contributed by atoms with van der Waals surface area (Å²) >= 11 is 0. The van der Waals surface area contributed by atoms with Gasteiger partial charge in [-0.1, -0.05) is 68.4 Å². The van der Waals surface area contributed by atoms with Crippen molar-refractivity contribution in [1.82, 2.24) is 0 Å². The summed E-state index contributed by atoms with van der Waals surface area (Å²) in [6, 6.07) is 21.3. The van der Waals surface area contributed by atoms with E-state index in [1.54, 1.807) is 0 Å². The van der Waals surface area contributed by atoms with Crippen LogP contribution in [-0.2, 0) is 6.42 Å². The third kappa shape index (κ3) is 3.71. The van der Waals surface area contributed by atoms with Gasteiger partial charge in [0.25, 0.3) is 0 Å². The average molecular weight is 263 g/mol. The first-order valence-corrected chi connectivity index (χ1v) is 7.24. The highest BCUT2D eigenvalue weighted by molar-refractivity contribution is 5.30. The fraction of sp³-hybridized carbons (Fsp3) is 0.316. The van der Waals surface area contributed by atoms with Crippen LogP contribution in [0, 0.1) is 11.3 Å². The van der Waals surface area contributed by atoms with Crippen LogP contribution in [0.25, 0.3) is 0 Å². The van der Waals surface area contributed by atoms with Crippen LogP contribution in [0.4, 0.5) is 0 Å². The SMILES string of the molecule is CC(C)c1ccc(C(C#N)CCc2ccccc2)cc1. The number of rotatable bonds is 5. The van der Waals surface area contributed by atoms with E-state index in [0.717, 1.165) is 18.4 Å². The van der Waals surface area contributed by atoms with Crippen LogP contribution in [0.5, 0.6) is 0 Å². The molecule has 2 rings (SSSR count). The number of nitriles is 1. The van der Waals surface area contributed by atoms with Crippen molar-refractivity contribution in [2.24, 2.45) is 0 Å². The summed E-state index contributed by atoms with van der Waals surface area (Å²) in [5.41, 5.74) is 3.76. The van der Waals surface area contributed by atoms with E-state index < -0.39 is 0 Å². The van der Waals surface area contributed by atoms with Crippen LogP contribution in [0.3, 0.4) is 0 Å². The highest BCUT2D eigenvalue weighted by Crippen LogP contribution is 2.23. The lowest BCUT2D eigenvalue weighted by Crippen LogP contribution is -1.99. The lowest BCUT2D eigenvalue weighted by atomic mass is 9.91. The minimum atomic E-state index is -0.0172. The zero-order valence-corrected chi connectivity index (χ0v) is 12.2. The molecule has 0 aliphatic carbocycles. The first-order chi connectivity index (χ1) is 9.70. The fourth-order valence-corrected chi connectivity index (χ4v) is 2.37. The zero-order chi connectivity index (χ0) is 14.4. The quantitative estimate of drug-likeness (QED) is 0.740. The van der Waals surface area contributed by atoms with Gasteiger partial charge in [0.2, 0.25) is 0 Å². The largest absolute Gasteiger partial charge is 0.198 e. The molecule has 0 radical (unpaired) electrons. The van der Waals surface area contributed by atoms with Crippen molar-refractivity contribution in [2.75, 3.05) is 0 Å². The van der Waals surface area contributed by atoms with E-state index in [1.807, 2.05) is 18.2 Å². The lowest BCUT2D eigenvalue weighted by Gasteiger charge is -2.11. The molecule has 20 heavy (non-hydrogen) atoms. The van der Waals surface area contributed by atoms with E-state index in [2.05, 4.69) is 56.3 Å². The molecule has 1 atom stereocenters. The molecule has 1 unspecified atom stereocenters. The van der Waals surface area contributed by atoms with E-state index in [9.17, 15) is 5.26 Å². The molecule has 0 aliphatic heterocycles. The Balaban J connectivity index is 2.03. The normalized spacial score (nSPS) is 12.1. The number of hydrogen-bond acceptors (Lipinski definition) is 1. The maximum absolute atomic E-state index is 9.39. The van der Waals surface area contributed by atoms with Crippen molar-refractivity contribution >= 4 is 0 Å². The summed E-state index contributed by atoms with van der Waals surface area (Å²) in [4.78, 5) is 0. The number of benzene rings is 2. The molecule has 0 saturated heterocycles. The van der Waals surface area contributed by atoms with Gasteiger partial charge in [0.15, 0.2) is 0 Å². The molecule has 2 aromatic carbocycles. The molecule has 0 heterocycles. The molecule has 1 heteroatoms. The second-order valence-corrected chi connectivity index (χ2v) is 5.53. The minimum Gasteiger partial charge on any atom is -0.198 e. The Morgan fingerprint density at radius 3 is 2.05 bits per heavy atom. The Hall–Kier alpha value is -2.07. The second-order valence-electron chi connectivity index (χ2n) is 5.53. The average Bonchev–Trinajstić information content (AvgIpc) is 2.49. The Labute approximate surface area is 121 Å². The van der Waals surface area contributed by atoms with E-state index in [-0.39, 0.29) is 5.92 Å². The van der Waals surface area contributed by atoms with Crippen molar-refractivity contribution in [3.63, 3.8) is 0 Å². The van der Waals surface area contributed by atoms with Crippen LogP contribution in [0.15, 0.2) is 54.6 Å². The summed E-state index contributed by atoms with van der Waals surface area (Å²) < 4.78 is 0. The number of aryl methyl sites for hydroxylation is 1. The van der Waals surface area contributed by atoms with Gasteiger partial charge in [-0.3, -0.25) is 0 Å². The third-order valence-electron chi connectivity index (χ3n) is 3.73. The van der Waals surface area contributed by atoms with Gasteiger partial charge in [0.05, 0.1) is 12.0 Å². The molecule has 0 fully saturated rings. The molecule has 102 valence electrons. The molecule has 2 aromatic rings. The molecule has 0 bridgehead atoms. The van der Waals surface area contributed by atoms with Crippen LogP contribution >= 0.6 is 0 Å². The number of nitrogens with zero attached hydrogens (tertiary/aromatic N) is 1. The van der Waals surface area contributed by atoms with Crippen LogP contribution in [-0.4, -0.2) is 0 Å². The van der Waals surface area contributed by atoms with Crippen molar-refractivity contribution in [3.8, 4) is 6.07 Å². The van der Waals surface area contributed by atoms with Crippen LogP contribution < -0.4 is 0 Å². The van der Waals surface area contributed by atoms with Crippen molar-refractivity contribution in [1.29, 1.82) is 5.26 Å². The van der Waals surface area contributed by atoms with Crippen LogP contribution in [0.1, 0.15) is 48.8 Å². The van der Waals surface area contributed by atoms with Gasteiger partial charge < -0.3 is 0 Å². The van der Waals surface area contributed by atoms with E-state index in [4.69, 9.17) is 0 Å². The standard InChI is InChI=1S/C19H21N/c1-15(2)17-10-12-18(13-11-17)19(14-20)9-8-16-6-4-3-5-7-16/h3-7,10-13,15,19H,8-9H2,1-2H3. The second kappa shape index (κ2) is 6.91. The van der Waals surface area contributed by atoms with Crippen molar-refractivity contribution in [3.05, 3.63) is 71.3 Å². The van der Waals surface area contributed by atoms with Gasteiger partial charge in [-0.2, -0.15) is 5.26 Å². The van der Waals surface area contributed by atoms with Gasteiger partial charge in [-0.05, 0) is 35.4 Å². The van der Waals surface area contributed by atoms with Gasteiger partial charge in [0.1, 0.15) is 0 Å². The monoisotopic (exact) mass is 263 g/mol. The fourth-order valence-electron chi connectivity index (χ4n) is 2.37. The molecule has 1 nitrogen and oxygen atoms in total. The predicted molar refractivity (Wildman–Crippen MR) is 83.6 cm³/mol. The lowest BCUT2D eigenvalue weighted by molar-refractivity contribution is 0.745. The molecule has 0 aromatic heterocycles. The summed E-state index contributed by atoms with van der Waals surface area (Å²) in [5, 5.41) is 9.39. The Morgan fingerprint density at radius 1 is 0.900 bits per heavy atom. The first-order valence-electron chi connectivity index (χ1n) is 7.24. The maximum Gasteiger partial charge on any atom is 0.0715 e. The summed E-state index contributed by atoms with van der Waals surface area (Å²) in [6.07, 6.45) is 1.83. The molecular weight excluding hydrogens is 242 g/mol. The zero-order valence-electron chi connectivity index (χ0n) is 12.2. The maximum atomic E-state index is 9.39. The highest BCUT2D eigenvalue weighted by Gasteiger charge is 2.11. The first kappa shape index (κ1) is 14.3. The van der Waals surface area contributed by atoms with Crippen molar-refractivity contribution < 1.29 is 0 Å². The summed E-state index contributed by atoms with van der Waals surface area (Å²) in [5.74, 6) is 0.519. The minimum absolute atomic E-state index is 0.0172. The molecule has 0 amide bonds. The molecule has 0 spiro atoms. The Bertz CT molecular complexity index is 561. The molecule has 0 N–H and O–H groups in total.